The van der Waals surface area contributed by atoms with Crippen molar-refractivity contribution in [3.8, 4) is 0 Å². The lowest BCUT2D eigenvalue weighted by Crippen LogP contribution is -2.40. The molecule has 0 bridgehead atoms. The summed E-state index contributed by atoms with van der Waals surface area (Å²) in [5.74, 6) is 0.553. The number of aromatic nitrogens is 3. The van der Waals surface area contributed by atoms with E-state index in [1.54, 1.807) is 13.0 Å². The second-order valence-electron chi connectivity index (χ2n) is 7.56. The Labute approximate surface area is 164 Å². The average molecular weight is 378 g/mol. The third kappa shape index (κ3) is 3.35. The van der Waals surface area contributed by atoms with Gasteiger partial charge in [-0.2, -0.15) is 0 Å². The number of amides is 1. The minimum absolute atomic E-state index is 0.0182. The molecule has 0 spiro atoms. The van der Waals surface area contributed by atoms with Gasteiger partial charge in [0.1, 0.15) is 12.4 Å². The molecular formula is C22H26N4O2. The summed E-state index contributed by atoms with van der Waals surface area (Å²) in [7, 11) is 2.02. The highest BCUT2D eigenvalue weighted by Crippen LogP contribution is 2.30. The number of fused-ring (bicyclic) bond motifs is 1. The van der Waals surface area contributed by atoms with E-state index in [2.05, 4.69) is 15.6 Å². The molecule has 1 atom stereocenters. The average Bonchev–Trinajstić information content (AvgIpc) is 2.96. The summed E-state index contributed by atoms with van der Waals surface area (Å²) >= 11 is 0. The first-order chi connectivity index (χ1) is 13.6. The van der Waals surface area contributed by atoms with Gasteiger partial charge in [0.25, 0.3) is 5.56 Å². The van der Waals surface area contributed by atoms with Crippen LogP contribution in [0.5, 0.6) is 0 Å². The molecule has 0 N–H and O–H groups in total. The Balaban J connectivity index is 1.67. The molecule has 0 saturated carbocycles. The van der Waals surface area contributed by atoms with Crippen molar-refractivity contribution < 1.29 is 4.79 Å². The molecule has 2 aromatic heterocycles. The molecule has 1 saturated heterocycles. The van der Waals surface area contributed by atoms with Gasteiger partial charge >= 0.3 is 0 Å². The van der Waals surface area contributed by atoms with Crippen LogP contribution in [0.25, 0.3) is 10.9 Å². The Hall–Kier alpha value is -2.89. The number of rotatable bonds is 3. The van der Waals surface area contributed by atoms with Gasteiger partial charge < -0.3 is 9.47 Å². The molecule has 6 nitrogen and oxygen atoms in total. The predicted molar refractivity (Wildman–Crippen MR) is 109 cm³/mol. The highest BCUT2D eigenvalue weighted by atomic mass is 16.2. The molecule has 1 amide bonds. The second-order valence-corrected chi connectivity index (χ2v) is 7.56. The van der Waals surface area contributed by atoms with Gasteiger partial charge in [0.05, 0.1) is 16.9 Å². The van der Waals surface area contributed by atoms with Crippen LogP contribution in [0.4, 0.5) is 0 Å². The maximum absolute atomic E-state index is 13.3. The standard InChI is InChI=1S/C22H26N4O2/c1-16-23-18-10-6-5-9-17(18)22(28)26(16)15-21(27)25-14-7-3-4-11-20(25)19-12-8-13-24(19)2/h5-6,8-10,12-13,20H,3-4,7,11,14-15H2,1-2H3/t20-/m0/s1. The van der Waals surface area contributed by atoms with Crippen molar-refractivity contribution in [1.29, 1.82) is 0 Å². The highest BCUT2D eigenvalue weighted by Gasteiger charge is 2.28. The van der Waals surface area contributed by atoms with Crippen molar-refractivity contribution in [2.45, 2.75) is 45.2 Å². The van der Waals surface area contributed by atoms with Crippen LogP contribution in [0.3, 0.4) is 0 Å². The summed E-state index contributed by atoms with van der Waals surface area (Å²) in [4.78, 5) is 32.7. The van der Waals surface area contributed by atoms with Crippen molar-refractivity contribution in [1.82, 2.24) is 19.0 Å². The Kier molecular flexibility index (Phi) is 5.03. The second kappa shape index (κ2) is 7.62. The van der Waals surface area contributed by atoms with Crippen LogP contribution in [-0.4, -0.2) is 31.5 Å². The minimum Gasteiger partial charge on any atom is -0.353 e. The van der Waals surface area contributed by atoms with Crippen LogP contribution in [0.2, 0.25) is 0 Å². The number of hydrogen-bond donors (Lipinski definition) is 0. The summed E-state index contributed by atoms with van der Waals surface area (Å²) in [6.45, 7) is 2.55. The molecule has 0 radical (unpaired) electrons. The van der Waals surface area contributed by atoms with Crippen LogP contribution in [0, 0.1) is 6.92 Å². The van der Waals surface area contributed by atoms with E-state index >= 15 is 0 Å². The van der Waals surface area contributed by atoms with Gasteiger partial charge in [-0.05, 0) is 44.0 Å². The lowest BCUT2D eigenvalue weighted by atomic mass is 10.1. The molecule has 4 rings (SSSR count). The molecule has 3 aromatic rings. The smallest absolute Gasteiger partial charge is 0.261 e. The summed E-state index contributed by atoms with van der Waals surface area (Å²) < 4.78 is 3.60. The molecule has 1 aliphatic heterocycles. The SMILES string of the molecule is Cc1nc2ccccc2c(=O)n1CC(=O)N1CCCCC[C@H]1c1cccn1C. The third-order valence-corrected chi connectivity index (χ3v) is 5.74. The van der Waals surface area contributed by atoms with Gasteiger partial charge in [-0.1, -0.05) is 25.0 Å². The monoisotopic (exact) mass is 378 g/mol. The fourth-order valence-electron chi connectivity index (χ4n) is 4.23. The Morgan fingerprint density at radius 3 is 2.75 bits per heavy atom. The van der Waals surface area contributed by atoms with Crippen LogP contribution in [0.1, 0.15) is 43.2 Å². The van der Waals surface area contributed by atoms with Crippen LogP contribution >= 0.6 is 0 Å². The fraction of sp³-hybridized carbons (Fsp3) is 0.409. The first-order valence-electron chi connectivity index (χ1n) is 9.93. The number of likely N-dealkylation sites (tertiary alicyclic amines) is 1. The van der Waals surface area contributed by atoms with Gasteiger partial charge in [0, 0.05) is 25.5 Å². The first kappa shape index (κ1) is 18.5. The molecule has 0 aliphatic carbocycles. The molecular weight excluding hydrogens is 352 g/mol. The van der Waals surface area contributed by atoms with Gasteiger partial charge in [-0.3, -0.25) is 14.2 Å². The number of nitrogens with zero attached hydrogens (tertiary/aromatic N) is 4. The fourth-order valence-corrected chi connectivity index (χ4v) is 4.23. The number of carbonyl (C=O) groups is 1. The normalized spacial score (nSPS) is 17.6. The zero-order valence-electron chi connectivity index (χ0n) is 16.5. The van der Waals surface area contributed by atoms with Crippen LogP contribution in [-0.2, 0) is 18.4 Å². The molecule has 6 heteroatoms. The first-order valence-corrected chi connectivity index (χ1v) is 9.93. The Bertz CT molecular complexity index is 1070. The maximum atomic E-state index is 13.3. The van der Waals surface area contributed by atoms with Crippen LogP contribution < -0.4 is 5.56 Å². The molecule has 28 heavy (non-hydrogen) atoms. The molecule has 1 aliphatic rings. The molecule has 0 unspecified atom stereocenters. The zero-order valence-corrected chi connectivity index (χ0v) is 16.5. The van der Waals surface area contributed by atoms with Crippen molar-refractivity contribution >= 4 is 16.8 Å². The van der Waals surface area contributed by atoms with Crippen molar-refractivity contribution in [2.75, 3.05) is 6.54 Å². The zero-order chi connectivity index (χ0) is 19.7. The van der Waals surface area contributed by atoms with Crippen molar-refractivity contribution in [3.05, 3.63) is 64.5 Å². The van der Waals surface area contributed by atoms with E-state index in [0.717, 1.165) is 37.9 Å². The number of aryl methyl sites for hydroxylation is 2. The van der Waals surface area contributed by atoms with E-state index in [4.69, 9.17) is 0 Å². The summed E-state index contributed by atoms with van der Waals surface area (Å²) in [5.41, 5.74) is 1.67. The van der Waals surface area contributed by atoms with Gasteiger partial charge in [-0.25, -0.2) is 4.98 Å². The largest absolute Gasteiger partial charge is 0.353 e. The predicted octanol–water partition coefficient (Wildman–Crippen LogP) is 3.19. The molecule has 3 heterocycles. The van der Waals surface area contributed by atoms with Crippen molar-refractivity contribution in [2.24, 2.45) is 7.05 Å². The van der Waals surface area contributed by atoms with E-state index in [9.17, 15) is 9.59 Å². The van der Waals surface area contributed by atoms with Gasteiger partial charge in [-0.15, -0.1) is 0 Å². The number of carbonyl (C=O) groups excluding carboxylic acids is 1. The third-order valence-electron chi connectivity index (χ3n) is 5.74. The molecule has 1 aromatic carbocycles. The van der Waals surface area contributed by atoms with Crippen molar-refractivity contribution in [3.63, 3.8) is 0 Å². The van der Waals surface area contributed by atoms with Gasteiger partial charge in [0.15, 0.2) is 0 Å². The quantitative estimate of drug-likeness (QED) is 0.703. The van der Waals surface area contributed by atoms with Gasteiger partial charge in [0.2, 0.25) is 5.91 Å². The van der Waals surface area contributed by atoms with E-state index in [0.29, 0.717) is 16.7 Å². The summed E-state index contributed by atoms with van der Waals surface area (Å²) in [6.07, 6.45) is 6.20. The highest BCUT2D eigenvalue weighted by molar-refractivity contribution is 5.79. The van der Waals surface area contributed by atoms with E-state index in [1.165, 1.54) is 4.57 Å². The summed E-state index contributed by atoms with van der Waals surface area (Å²) in [6, 6.07) is 11.5. The van der Waals surface area contributed by atoms with E-state index in [1.807, 2.05) is 42.4 Å². The minimum atomic E-state index is -0.151. The number of hydrogen-bond acceptors (Lipinski definition) is 3. The molecule has 1 fully saturated rings. The topological polar surface area (TPSA) is 60.1 Å². The molecule has 146 valence electrons. The summed E-state index contributed by atoms with van der Waals surface area (Å²) in [5, 5.41) is 0.552. The Morgan fingerprint density at radius 2 is 1.96 bits per heavy atom. The maximum Gasteiger partial charge on any atom is 0.261 e. The number of benzene rings is 1. The lowest BCUT2D eigenvalue weighted by molar-refractivity contribution is -0.134. The Morgan fingerprint density at radius 1 is 1.14 bits per heavy atom. The van der Waals surface area contributed by atoms with Crippen LogP contribution in [0.15, 0.2) is 47.4 Å². The number of para-hydroxylation sites is 1. The lowest BCUT2D eigenvalue weighted by Gasteiger charge is -2.31. The van der Waals surface area contributed by atoms with E-state index < -0.39 is 0 Å². The van der Waals surface area contributed by atoms with E-state index in [-0.39, 0.29) is 24.1 Å².